The van der Waals surface area contributed by atoms with Crippen molar-refractivity contribution in [1.29, 1.82) is 0 Å². The molecule has 0 bridgehead atoms. The minimum absolute atomic E-state index is 0.0752. The maximum Gasteiger partial charge on any atom is 0.209 e. The number of rotatable bonds is 5. The summed E-state index contributed by atoms with van der Waals surface area (Å²) in [5, 5.41) is 3.33. The SMILES string of the molecule is CCN(CC)c1ccc(C2C(C(C)=O)=C(C)Nc3nc4ccccc4n32)cc1. The van der Waals surface area contributed by atoms with Crippen molar-refractivity contribution in [2.45, 2.75) is 33.7 Å². The number of ketones is 1. The first-order chi connectivity index (χ1) is 13.5. The zero-order valence-corrected chi connectivity index (χ0v) is 16.9. The monoisotopic (exact) mass is 374 g/mol. The molecular weight excluding hydrogens is 348 g/mol. The molecule has 2 aromatic carbocycles. The van der Waals surface area contributed by atoms with Crippen LogP contribution in [0.4, 0.5) is 11.6 Å². The molecule has 1 unspecified atom stereocenters. The molecule has 3 aromatic rings. The number of para-hydroxylation sites is 2. The number of aromatic nitrogens is 2. The van der Waals surface area contributed by atoms with E-state index in [1.807, 2.05) is 25.1 Å². The summed E-state index contributed by atoms with van der Waals surface area (Å²) in [6.45, 7) is 9.86. The highest BCUT2D eigenvalue weighted by Gasteiger charge is 2.32. The molecule has 5 nitrogen and oxygen atoms in total. The van der Waals surface area contributed by atoms with Crippen LogP contribution in [0.15, 0.2) is 59.8 Å². The summed E-state index contributed by atoms with van der Waals surface area (Å²) in [6.07, 6.45) is 0. The van der Waals surface area contributed by atoms with Gasteiger partial charge in [-0.25, -0.2) is 4.98 Å². The molecule has 144 valence electrons. The van der Waals surface area contributed by atoms with Crippen LogP contribution in [0.3, 0.4) is 0 Å². The fourth-order valence-electron chi connectivity index (χ4n) is 4.19. The van der Waals surface area contributed by atoms with Crippen molar-refractivity contribution in [2.24, 2.45) is 0 Å². The average molecular weight is 374 g/mol. The van der Waals surface area contributed by atoms with Gasteiger partial charge in [0.05, 0.1) is 17.1 Å². The van der Waals surface area contributed by atoms with E-state index in [2.05, 4.69) is 59.0 Å². The zero-order chi connectivity index (χ0) is 19.8. The molecular formula is C23H26N4O. The fourth-order valence-corrected chi connectivity index (χ4v) is 4.19. The topological polar surface area (TPSA) is 50.2 Å². The number of carbonyl (C=O) groups excluding carboxylic acids is 1. The summed E-state index contributed by atoms with van der Waals surface area (Å²) in [5.74, 6) is 0.854. The first-order valence-corrected chi connectivity index (χ1v) is 9.85. The van der Waals surface area contributed by atoms with Crippen LogP contribution in [-0.2, 0) is 4.79 Å². The van der Waals surface area contributed by atoms with Gasteiger partial charge in [-0.2, -0.15) is 0 Å². The number of nitrogens with one attached hydrogen (secondary N) is 1. The molecule has 1 aliphatic heterocycles. The highest BCUT2D eigenvalue weighted by Crippen LogP contribution is 2.39. The van der Waals surface area contributed by atoms with Crippen LogP contribution in [0.1, 0.15) is 39.3 Å². The highest BCUT2D eigenvalue weighted by molar-refractivity contribution is 5.97. The Bertz CT molecular complexity index is 1060. The van der Waals surface area contributed by atoms with E-state index >= 15 is 0 Å². The van der Waals surface area contributed by atoms with E-state index in [1.165, 1.54) is 5.69 Å². The van der Waals surface area contributed by atoms with E-state index < -0.39 is 0 Å². The Labute approximate surface area is 165 Å². The van der Waals surface area contributed by atoms with Gasteiger partial charge < -0.3 is 10.2 Å². The average Bonchev–Trinajstić information content (AvgIpc) is 3.06. The van der Waals surface area contributed by atoms with E-state index in [-0.39, 0.29) is 11.8 Å². The molecule has 0 aliphatic carbocycles. The number of benzene rings is 2. The van der Waals surface area contributed by atoms with Crippen molar-refractivity contribution < 1.29 is 4.79 Å². The van der Waals surface area contributed by atoms with Gasteiger partial charge in [-0.05, 0) is 57.5 Å². The van der Waals surface area contributed by atoms with Gasteiger partial charge in [0.25, 0.3) is 0 Å². The molecule has 1 atom stereocenters. The Hall–Kier alpha value is -3.08. The molecule has 0 fully saturated rings. The molecule has 0 radical (unpaired) electrons. The Morgan fingerprint density at radius 3 is 2.43 bits per heavy atom. The quantitative estimate of drug-likeness (QED) is 0.699. The second-order valence-corrected chi connectivity index (χ2v) is 7.18. The normalized spacial score (nSPS) is 16.1. The van der Waals surface area contributed by atoms with E-state index in [0.29, 0.717) is 0 Å². The smallest absolute Gasteiger partial charge is 0.209 e. The Balaban J connectivity index is 1.89. The van der Waals surface area contributed by atoms with Gasteiger partial charge in [-0.15, -0.1) is 0 Å². The lowest BCUT2D eigenvalue weighted by molar-refractivity contribution is -0.114. The lowest BCUT2D eigenvalue weighted by Gasteiger charge is -2.30. The maximum absolute atomic E-state index is 12.6. The van der Waals surface area contributed by atoms with Crippen LogP contribution in [-0.4, -0.2) is 28.4 Å². The van der Waals surface area contributed by atoms with Crippen molar-refractivity contribution in [2.75, 3.05) is 23.3 Å². The van der Waals surface area contributed by atoms with Gasteiger partial charge >= 0.3 is 0 Å². The number of carbonyl (C=O) groups is 1. The largest absolute Gasteiger partial charge is 0.372 e. The summed E-state index contributed by atoms with van der Waals surface area (Å²) < 4.78 is 2.14. The van der Waals surface area contributed by atoms with Crippen molar-refractivity contribution in [1.82, 2.24) is 9.55 Å². The number of allylic oxidation sites excluding steroid dienone is 2. The Kier molecular flexibility index (Phi) is 4.67. The summed E-state index contributed by atoms with van der Waals surface area (Å²) >= 11 is 0. The maximum atomic E-state index is 12.6. The molecule has 28 heavy (non-hydrogen) atoms. The van der Waals surface area contributed by atoms with Crippen molar-refractivity contribution >= 4 is 28.5 Å². The zero-order valence-electron chi connectivity index (χ0n) is 16.9. The number of fused-ring (bicyclic) bond motifs is 3. The van der Waals surface area contributed by atoms with Crippen molar-refractivity contribution in [3.63, 3.8) is 0 Å². The van der Waals surface area contributed by atoms with Crippen LogP contribution in [0.2, 0.25) is 0 Å². The standard InChI is InChI=1S/C23H26N4O/c1-5-26(6-2)18-13-11-17(12-14-18)22-21(16(4)28)15(3)24-23-25-19-9-7-8-10-20(19)27(22)23/h7-14,22H,5-6H2,1-4H3,(H,24,25). The van der Waals surface area contributed by atoms with Crippen LogP contribution in [0.5, 0.6) is 0 Å². The predicted octanol–water partition coefficient (Wildman–Crippen LogP) is 4.76. The molecule has 4 rings (SSSR count). The predicted molar refractivity (Wildman–Crippen MR) is 115 cm³/mol. The molecule has 0 saturated carbocycles. The molecule has 2 heterocycles. The molecule has 1 aliphatic rings. The summed E-state index contributed by atoms with van der Waals surface area (Å²) in [5.41, 5.74) is 5.88. The van der Waals surface area contributed by atoms with Gasteiger partial charge in [0.2, 0.25) is 5.95 Å². The van der Waals surface area contributed by atoms with Crippen LogP contribution >= 0.6 is 0 Å². The lowest BCUT2D eigenvalue weighted by atomic mass is 9.92. The molecule has 0 amide bonds. The van der Waals surface area contributed by atoms with Crippen LogP contribution < -0.4 is 10.2 Å². The van der Waals surface area contributed by atoms with E-state index in [9.17, 15) is 4.79 Å². The first kappa shape index (κ1) is 18.3. The number of hydrogen-bond acceptors (Lipinski definition) is 4. The third kappa shape index (κ3) is 2.87. The van der Waals surface area contributed by atoms with Gasteiger partial charge in [0, 0.05) is 30.0 Å². The van der Waals surface area contributed by atoms with Gasteiger partial charge in [0.15, 0.2) is 5.78 Å². The Morgan fingerprint density at radius 2 is 1.79 bits per heavy atom. The first-order valence-electron chi connectivity index (χ1n) is 9.85. The number of hydrogen-bond donors (Lipinski definition) is 1. The molecule has 5 heteroatoms. The minimum atomic E-state index is -0.188. The Morgan fingerprint density at radius 1 is 1.11 bits per heavy atom. The van der Waals surface area contributed by atoms with E-state index in [0.717, 1.165) is 46.9 Å². The highest BCUT2D eigenvalue weighted by atomic mass is 16.1. The summed E-state index contributed by atoms with van der Waals surface area (Å²) in [7, 11) is 0. The number of nitrogens with zero attached hydrogens (tertiary/aromatic N) is 3. The van der Waals surface area contributed by atoms with Crippen LogP contribution in [0, 0.1) is 0 Å². The van der Waals surface area contributed by atoms with Crippen LogP contribution in [0.25, 0.3) is 11.0 Å². The van der Waals surface area contributed by atoms with Crippen molar-refractivity contribution in [3.8, 4) is 0 Å². The van der Waals surface area contributed by atoms with E-state index in [4.69, 9.17) is 4.98 Å². The lowest BCUT2D eigenvalue weighted by Crippen LogP contribution is -2.27. The van der Waals surface area contributed by atoms with Gasteiger partial charge in [0.1, 0.15) is 0 Å². The van der Waals surface area contributed by atoms with Gasteiger partial charge in [-0.1, -0.05) is 24.3 Å². The molecule has 1 aromatic heterocycles. The summed E-state index contributed by atoms with van der Waals surface area (Å²) in [6, 6.07) is 16.4. The second kappa shape index (κ2) is 7.15. The fraction of sp³-hybridized carbons (Fsp3) is 0.304. The number of imidazole rings is 1. The second-order valence-electron chi connectivity index (χ2n) is 7.18. The third-order valence-corrected chi connectivity index (χ3v) is 5.55. The van der Waals surface area contributed by atoms with E-state index in [1.54, 1.807) is 6.92 Å². The number of Topliss-reactive ketones (excluding diaryl/α,β-unsaturated/α-hetero) is 1. The summed E-state index contributed by atoms with van der Waals surface area (Å²) in [4.78, 5) is 19.6. The van der Waals surface area contributed by atoms with Gasteiger partial charge in [-0.3, -0.25) is 9.36 Å². The molecule has 0 saturated heterocycles. The van der Waals surface area contributed by atoms with Crippen molar-refractivity contribution in [3.05, 3.63) is 65.4 Å². The minimum Gasteiger partial charge on any atom is -0.372 e. The third-order valence-electron chi connectivity index (χ3n) is 5.55. The molecule has 1 N–H and O–H groups in total. The molecule has 0 spiro atoms. The number of anilines is 2.